The van der Waals surface area contributed by atoms with Crippen molar-refractivity contribution >= 4 is 8.07 Å². The molecule has 0 radical (unpaired) electrons. The first-order valence-electron chi connectivity index (χ1n) is 5.33. The van der Waals surface area contributed by atoms with Gasteiger partial charge in [-0.2, -0.15) is 0 Å². The normalized spacial score (nSPS) is 29.5. The Hall–Kier alpha value is 0.137. The van der Waals surface area contributed by atoms with Crippen molar-refractivity contribution in [1.29, 1.82) is 0 Å². The van der Waals surface area contributed by atoms with Crippen LogP contribution in [0.2, 0.25) is 25.7 Å². The molecule has 78 valence electrons. The van der Waals surface area contributed by atoms with E-state index in [0.29, 0.717) is 12.2 Å². The Kier molecular flexibility index (Phi) is 3.95. The number of hydrogen-bond donors (Lipinski definition) is 0. The van der Waals surface area contributed by atoms with E-state index in [4.69, 9.17) is 9.78 Å². The molecule has 3 heteroatoms. The van der Waals surface area contributed by atoms with Crippen LogP contribution in [0.5, 0.6) is 0 Å². The fourth-order valence-electron chi connectivity index (χ4n) is 1.82. The molecular formula is C10H22O2Si. The lowest BCUT2D eigenvalue weighted by molar-refractivity contribution is -0.294. The summed E-state index contributed by atoms with van der Waals surface area (Å²) in [7, 11) is -0.980. The monoisotopic (exact) mass is 202 g/mol. The van der Waals surface area contributed by atoms with Gasteiger partial charge in [0, 0.05) is 14.5 Å². The Balaban J connectivity index is 2.25. The van der Waals surface area contributed by atoms with E-state index >= 15 is 0 Å². The highest BCUT2D eigenvalue weighted by Crippen LogP contribution is 2.26. The molecule has 0 amide bonds. The molecule has 0 saturated carbocycles. The third-order valence-corrected chi connectivity index (χ3v) is 3.98. The van der Waals surface area contributed by atoms with Crippen LogP contribution in [0.25, 0.3) is 0 Å². The third-order valence-electron chi connectivity index (χ3n) is 2.30. The van der Waals surface area contributed by atoms with E-state index in [-0.39, 0.29) is 0 Å². The first-order valence-corrected chi connectivity index (χ1v) is 9.04. The predicted octanol–water partition coefficient (Wildman–Crippen LogP) is 3.21. The van der Waals surface area contributed by atoms with Crippen molar-refractivity contribution in [3.8, 4) is 0 Å². The Morgan fingerprint density at radius 1 is 1.15 bits per heavy atom. The van der Waals surface area contributed by atoms with Crippen LogP contribution in [-0.4, -0.2) is 20.3 Å². The maximum Gasteiger partial charge on any atom is 0.0955 e. The van der Waals surface area contributed by atoms with Crippen LogP contribution in [-0.2, 0) is 9.78 Å². The summed E-state index contributed by atoms with van der Waals surface area (Å²) < 4.78 is 0. The maximum atomic E-state index is 5.33. The highest BCUT2D eigenvalue weighted by molar-refractivity contribution is 6.76. The van der Waals surface area contributed by atoms with Crippen molar-refractivity contribution in [1.82, 2.24) is 0 Å². The Labute approximate surface area is 82.6 Å². The molecule has 1 fully saturated rings. The van der Waals surface area contributed by atoms with E-state index in [0.717, 1.165) is 12.8 Å². The van der Waals surface area contributed by atoms with Gasteiger partial charge in [-0.3, -0.25) is 0 Å². The van der Waals surface area contributed by atoms with Crippen LogP contribution in [0.3, 0.4) is 0 Å². The summed E-state index contributed by atoms with van der Waals surface area (Å²) in [6, 6.07) is 1.23. The summed E-state index contributed by atoms with van der Waals surface area (Å²) in [4.78, 5) is 10.6. The molecule has 0 aliphatic carbocycles. The van der Waals surface area contributed by atoms with Crippen LogP contribution in [0.15, 0.2) is 0 Å². The minimum atomic E-state index is -0.980. The zero-order valence-corrected chi connectivity index (χ0v) is 10.3. The highest BCUT2D eigenvalue weighted by Gasteiger charge is 2.30. The molecule has 2 atom stereocenters. The second-order valence-corrected chi connectivity index (χ2v) is 10.8. The van der Waals surface area contributed by atoms with Gasteiger partial charge in [-0.1, -0.05) is 33.0 Å². The third kappa shape index (κ3) is 4.25. The fraction of sp³-hybridized carbons (Fsp3) is 1.00. The largest absolute Gasteiger partial charge is 0.233 e. The van der Waals surface area contributed by atoms with Crippen molar-refractivity contribution in [2.24, 2.45) is 0 Å². The molecular weight excluding hydrogens is 180 g/mol. The second kappa shape index (κ2) is 4.58. The van der Waals surface area contributed by atoms with E-state index in [2.05, 4.69) is 26.6 Å². The predicted molar refractivity (Wildman–Crippen MR) is 57.4 cm³/mol. The van der Waals surface area contributed by atoms with E-state index < -0.39 is 8.07 Å². The van der Waals surface area contributed by atoms with Crippen molar-refractivity contribution in [2.45, 2.75) is 64.1 Å². The van der Waals surface area contributed by atoms with E-state index in [9.17, 15) is 0 Å². The van der Waals surface area contributed by atoms with E-state index in [1.54, 1.807) is 0 Å². The average Bonchev–Trinajstić information content (AvgIpc) is 2.33. The topological polar surface area (TPSA) is 18.5 Å². The van der Waals surface area contributed by atoms with Gasteiger partial charge in [0.15, 0.2) is 0 Å². The summed E-state index contributed by atoms with van der Waals surface area (Å²) in [5.41, 5.74) is 0. The Morgan fingerprint density at radius 2 is 1.77 bits per heavy atom. The maximum absolute atomic E-state index is 5.33. The lowest BCUT2D eigenvalue weighted by Crippen LogP contribution is -2.26. The summed E-state index contributed by atoms with van der Waals surface area (Å²) in [5.74, 6) is 0. The van der Waals surface area contributed by atoms with Gasteiger partial charge in [0.05, 0.1) is 12.2 Å². The molecule has 0 aromatic carbocycles. The number of rotatable bonds is 4. The minimum Gasteiger partial charge on any atom is -0.233 e. The molecule has 0 spiro atoms. The first-order chi connectivity index (χ1) is 6.01. The Bertz CT molecular complexity index is 153. The molecule has 0 unspecified atom stereocenters. The zero-order valence-electron chi connectivity index (χ0n) is 9.30. The molecule has 1 rings (SSSR count). The Morgan fingerprint density at radius 3 is 2.31 bits per heavy atom. The molecule has 0 bridgehead atoms. The van der Waals surface area contributed by atoms with Crippen LogP contribution < -0.4 is 0 Å². The van der Waals surface area contributed by atoms with E-state index in [1.165, 1.54) is 12.5 Å². The van der Waals surface area contributed by atoms with Crippen LogP contribution in [0.4, 0.5) is 0 Å². The molecule has 2 nitrogen and oxygen atoms in total. The van der Waals surface area contributed by atoms with Crippen molar-refractivity contribution in [3.05, 3.63) is 0 Å². The fourth-order valence-corrected chi connectivity index (χ4v) is 3.42. The molecule has 0 aromatic heterocycles. The van der Waals surface area contributed by atoms with Gasteiger partial charge in [-0.25, -0.2) is 9.78 Å². The summed E-state index contributed by atoms with van der Waals surface area (Å²) in [5, 5.41) is 0. The standard InChI is InChI=1S/C10H22O2Si/c1-5-6-9-7-10(12-11-9)8-13(2,3)4/h9-10H,5-8H2,1-4H3/t9-,10-/m1/s1. The van der Waals surface area contributed by atoms with E-state index in [1.807, 2.05) is 0 Å². The van der Waals surface area contributed by atoms with Gasteiger partial charge >= 0.3 is 0 Å². The van der Waals surface area contributed by atoms with Crippen molar-refractivity contribution in [2.75, 3.05) is 0 Å². The zero-order chi connectivity index (χ0) is 9.90. The average molecular weight is 202 g/mol. The molecule has 1 heterocycles. The van der Waals surface area contributed by atoms with Gasteiger partial charge in [-0.05, 0) is 12.5 Å². The molecule has 1 aliphatic rings. The lowest BCUT2D eigenvalue weighted by Gasteiger charge is -2.18. The molecule has 0 N–H and O–H groups in total. The van der Waals surface area contributed by atoms with Gasteiger partial charge in [-0.15, -0.1) is 0 Å². The smallest absolute Gasteiger partial charge is 0.0955 e. The SMILES string of the molecule is CCC[C@@H]1C[C@H](C[Si](C)(C)C)OO1. The molecule has 1 saturated heterocycles. The summed E-state index contributed by atoms with van der Waals surface area (Å²) >= 11 is 0. The quantitative estimate of drug-likeness (QED) is 0.515. The van der Waals surface area contributed by atoms with Crippen LogP contribution in [0, 0.1) is 0 Å². The molecule has 13 heavy (non-hydrogen) atoms. The van der Waals surface area contributed by atoms with Crippen LogP contribution in [0.1, 0.15) is 26.2 Å². The summed E-state index contributed by atoms with van der Waals surface area (Å²) in [6.07, 6.45) is 4.18. The van der Waals surface area contributed by atoms with Gasteiger partial charge in [0.1, 0.15) is 0 Å². The second-order valence-electron chi connectivity index (χ2n) is 5.23. The van der Waals surface area contributed by atoms with Crippen molar-refractivity contribution in [3.63, 3.8) is 0 Å². The van der Waals surface area contributed by atoms with Crippen LogP contribution >= 0.6 is 0 Å². The first kappa shape index (κ1) is 11.2. The minimum absolute atomic E-state index is 0.367. The lowest BCUT2D eigenvalue weighted by atomic mass is 10.1. The molecule has 0 aromatic rings. The highest BCUT2D eigenvalue weighted by atomic mass is 28.3. The van der Waals surface area contributed by atoms with Gasteiger partial charge in [0.25, 0.3) is 0 Å². The van der Waals surface area contributed by atoms with Gasteiger partial charge < -0.3 is 0 Å². The molecule has 1 aliphatic heterocycles. The summed E-state index contributed by atoms with van der Waals surface area (Å²) in [6.45, 7) is 9.33. The number of hydrogen-bond acceptors (Lipinski definition) is 2. The van der Waals surface area contributed by atoms with Crippen molar-refractivity contribution < 1.29 is 9.78 Å². The van der Waals surface area contributed by atoms with Gasteiger partial charge in [0.2, 0.25) is 0 Å².